The molecule has 0 unspecified atom stereocenters. The van der Waals surface area contributed by atoms with E-state index >= 15 is 0 Å². The van der Waals surface area contributed by atoms with Crippen molar-refractivity contribution in [2.24, 2.45) is 0 Å². The maximum atomic E-state index is 12.2. The Morgan fingerprint density at radius 3 is 2.51 bits per heavy atom. The van der Waals surface area contributed by atoms with E-state index in [9.17, 15) is 20.0 Å². The second-order valence-corrected chi connectivity index (χ2v) is 9.22. The number of aromatic hydroxyl groups is 1. The van der Waals surface area contributed by atoms with Gasteiger partial charge in [0, 0.05) is 45.8 Å². The summed E-state index contributed by atoms with van der Waals surface area (Å²) in [5, 5.41) is 27.1. The van der Waals surface area contributed by atoms with Gasteiger partial charge in [-0.3, -0.25) is 19.8 Å². The zero-order valence-electron chi connectivity index (χ0n) is 21.2. The number of hydrogen-bond acceptors (Lipinski definition) is 11. The van der Waals surface area contributed by atoms with Crippen LogP contribution in [0.5, 0.6) is 17.2 Å². The Kier molecular flexibility index (Phi) is 7.87. The van der Waals surface area contributed by atoms with Gasteiger partial charge in [-0.25, -0.2) is 9.97 Å². The minimum absolute atomic E-state index is 0.112. The molecule has 3 heterocycles. The topological polar surface area (TPSA) is 155 Å². The summed E-state index contributed by atoms with van der Waals surface area (Å²) in [6.45, 7) is 4.07. The van der Waals surface area contributed by atoms with Crippen molar-refractivity contribution in [3.05, 3.63) is 70.0 Å². The number of carbonyl (C=O) groups is 1. The molecule has 0 radical (unpaired) electrons. The average Bonchev–Trinajstić information content (AvgIpc) is 3.41. The highest BCUT2D eigenvalue weighted by Crippen LogP contribution is 2.34. The minimum atomic E-state index is -0.472. The largest absolute Gasteiger partial charge is 0.508 e. The molecular formula is C26H29N7O6. The predicted molar refractivity (Wildman–Crippen MR) is 142 cm³/mol. The van der Waals surface area contributed by atoms with Crippen molar-refractivity contribution in [3.8, 4) is 17.2 Å². The number of amides is 1. The summed E-state index contributed by atoms with van der Waals surface area (Å²) in [4.78, 5) is 36.2. The van der Waals surface area contributed by atoms with E-state index in [0.717, 1.165) is 29.2 Å². The monoisotopic (exact) mass is 535 g/mol. The van der Waals surface area contributed by atoms with Crippen molar-refractivity contribution in [1.29, 1.82) is 0 Å². The first-order valence-electron chi connectivity index (χ1n) is 12.6. The fraction of sp³-hybridized carbons (Fsp3) is 0.346. The molecular weight excluding hydrogens is 506 g/mol. The van der Waals surface area contributed by atoms with E-state index < -0.39 is 4.92 Å². The van der Waals surface area contributed by atoms with Gasteiger partial charge in [0.1, 0.15) is 12.1 Å². The van der Waals surface area contributed by atoms with E-state index in [1.165, 1.54) is 18.5 Å². The van der Waals surface area contributed by atoms with Gasteiger partial charge in [0.15, 0.2) is 11.5 Å². The van der Waals surface area contributed by atoms with Crippen LogP contribution < -0.4 is 25.0 Å². The summed E-state index contributed by atoms with van der Waals surface area (Å²) in [5.41, 5.74) is 1.70. The number of ether oxygens (including phenoxy) is 2. The first-order valence-corrected chi connectivity index (χ1v) is 12.6. The second-order valence-electron chi connectivity index (χ2n) is 9.22. The molecule has 0 spiro atoms. The SMILES string of the molecule is O=C(Cc1ccc(O)cc1)NCCNc1ncnc(N2CCN(Cc3ccc4c(c3)OCO4)CC2)c1[N+](=O)[O-]. The Labute approximate surface area is 224 Å². The van der Waals surface area contributed by atoms with Gasteiger partial charge >= 0.3 is 5.69 Å². The Morgan fingerprint density at radius 1 is 1.00 bits per heavy atom. The number of phenols is 1. The summed E-state index contributed by atoms with van der Waals surface area (Å²) < 4.78 is 10.8. The molecule has 0 aliphatic carbocycles. The molecule has 0 atom stereocenters. The molecule has 1 aromatic heterocycles. The number of nitrogens with one attached hydrogen (secondary N) is 2. The fourth-order valence-corrected chi connectivity index (χ4v) is 4.56. The summed E-state index contributed by atoms with van der Waals surface area (Å²) in [6, 6.07) is 12.3. The van der Waals surface area contributed by atoms with Crippen molar-refractivity contribution in [3.63, 3.8) is 0 Å². The highest BCUT2D eigenvalue weighted by Gasteiger charge is 2.29. The molecule has 13 heteroatoms. The van der Waals surface area contributed by atoms with Crippen molar-refractivity contribution >= 4 is 23.2 Å². The van der Waals surface area contributed by atoms with Gasteiger partial charge in [0.2, 0.25) is 24.3 Å². The molecule has 1 amide bonds. The number of anilines is 2. The highest BCUT2D eigenvalue weighted by atomic mass is 16.7. The van der Waals surface area contributed by atoms with E-state index in [1.54, 1.807) is 12.1 Å². The standard InChI is InChI=1S/C26H29N7O6/c34-20-4-1-18(2-5-20)14-23(35)27-7-8-28-25-24(33(36)37)26(30-16-29-25)32-11-9-31(10-12-32)15-19-3-6-21-22(13-19)39-17-38-21/h1-6,13,16,34H,7-12,14-15,17H2,(H,27,35)(H,28,29,30). The van der Waals surface area contributed by atoms with Gasteiger partial charge in [-0.1, -0.05) is 18.2 Å². The van der Waals surface area contributed by atoms with Crippen molar-refractivity contribution in [2.45, 2.75) is 13.0 Å². The Hall–Kier alpha value is -4.65. The van der Waals surface area contributed by atoms with Crippen LogP contribution >= 0.6 is 0 Å². The lowest BCUT2D eigenvalue weighted by molar-refractivity contribution is -0.383. The third-order valence-electron chi connectivity index (χ3n) is 6.54. The first-order chi connectivity index (χ1) is 19.0. The Bertz CT molecular complexity index is 1330. The number of phenolic OH excluding ortho intramolecular Hbond substituents is 1. The lowest BCUT2D eigenvalue weighted by Crippen LogP contribution is -2.46. The number of fused-ring (bicyclic) bond motifs is 1. The van der Waals surface area contributed by atoms with Crippen LogP contribution in [0.2, 0.25) is 0 Å². The molecule has 13 nitrogen and oxygen atoms in total. The molecule has 204 valence electrons. The third kappa shape index (κ3) is 6.44. The van der Waals surface area contributed by atoms with Crippen LogP contribution in [0.25, 0.3) is 0 Å². The predicted octanol–water partition coefficient (Wildman–Crippen LogP) is 1.91. The van der Waals surface area contributed by atoms with Crippen LogP contribution in [0, 0.1) is 10.1 Å². The molecule has 2 aliphatic heterocycles. The molecule has 0 bridgehead atoms. The quantitative estimate of drug-likeness (QED) is 0.198. The molecule has 2 aromatic carbocycles. The number of aromatic nitrogens is 2. The van der Waals surface area contributed by atoms with Crippen molar-refractivity contribution < 1.29 is 24.3 Å². The first kappa shape index (κ1) is 26.0. The van der Waals surface area contributed by atoms with E-state index in [1.807, 2.05) is 23.1 Å². The minimum Gasteiger partial charge on any atom is -0.508 e. The normalized spacial score (nSPS) is 14.7. The Morgan fingerprint density at radius 2 is 1.74 bits per heavy atom. The molecule has 39 heavy (non-hydrogen) atoms. The smallest absolute Gasteiger partial charge is 0.353 e. The number of rotatable bonds is 10. The summed E-state index contributed by atoms with van der Waals surface area (Å²) >= 11 is 0. The van der Waals surface area contributed by atoms with Crippen LogP contribution in [0.1, 0.15) is 11.1 Å². The van der Waals surface area contributed by atoms with Gasteiger partial charge in [0.05, 0.1) is 11.3 Å². The van der Waals surface area contributed by atoms with Gasteiger partial charge in [0.25, 0.3) is 0 Å². The van der Waals surface area contributed by atoms with Crippen LogP contribution in [0.4, 0.5) is 17.3 Å². The molecule has 1 fully saturated rings. The highest BCUT2D eigenvalue weighted by molar-refractivity contribution is 5.78. The number of carbonyl (C=O) groups excluding carboxylic acids is 1. The zero-order chi connectivity index (χ0) is 27.2. The third-order valence-corrected chi connectivity index (χ3v) is 6.54. The van der Waals surface area contributed by atoms with E-state index in [4.69, 9.17) is 9.47 Å². The molecule has 5 rings (SSSR count). The number of piperazine rings is 1. The molecule has 0 saturated carbocycles. The van der Waals surface area contributed by atoms with E-state index in [2.05, 4.69) is 25.5 Å². The molecule has 3 aromatic rings. The van der Waals surface area contributed by atoms with Crippen LogP contribution in [-0.2, 0) is 17.8 Å². The second kappa shape index (κ2) is 11.8. The number of hydrogen-bond donors (Lipinski definition) is 3. The van der Waals surface area contributed by atoms with Gasteiger partial charge in [-0.15, -0.1) is 0 Å². The van der Waals surface area contributed by atoms with Crippen LogP contribution in [0.15, 0.2) is 48.8 Å². The Balaban J connectivity index is 1.14. The lowest BCUT2D eigenvalue weighted by Gasteiger charge is -2.35. The van der Waals surface area contributed by atoms with Gasteiger partial charge in [-0.2, -0.15) is 0 Å². The molecule has 2 aliphatic rings. The number of nitrogens with zero attached hydrogens (tertiary/aromatic N) is 5. The summed E-state index contributed by atoms with van der Waals surface area (Å²) in [5.74, 6) is 1.83. The van der Waals surface area contributed by atoms with Crippen molar-refractivity contribution in [1.82, 2.24) is 20.2 Å². The van der Waals surface area contributed by atoms with Gasteiger partial charge < -0.3 is 30.1 Å². The maximum Gasteiger partial charge on any atom is 0.353 e. The average molecular weight is 536 g/mol. The van der Waals surface area contributed by atoms with Crippen LogP contribution in [-0.4, -0.2) is 76.9 Å². The van der Waals surface area contributed by atoms with E-state index in [-0.39, 0.29) is 55.3 Å². The van der Waals surface area contributed by atoms with E-state index in [0.29, 0.717) is 26.2 Å². The molecule has 1 saturated heterocycles. The number of benzene rings is 2. The van der Waals surface area contributed by atoms with Crippen molar-refractivity contribution in [2.75, 3.05) is 56.3 Å². The fourth-order valence-electron chi connectivity index (χ4n) is 4.56. The summed E-state index contributed by atoms with van der Waals surface area (Å²) in [6.07, 6.45) is 1.48. The maximum absolute atomic E-state index is 12.2. The zero-order valence-corrected chi connectivity index (χ0v) is 21.2. The molecule has 3 N–H and O–H groups in total. The lowest BCUT2D eigenvalue weighted by atomic mass is 10.1. The number of nitro groups is 1. The van der Waals surface area contributed by atoms with Gasteiger partial charge in [-0.05, 0) is 35.4 Å². The summed E-state index contributed by atoms with van der Waals surface area (Å²) in [7, 11) is 0. The van der Waals surface area contributed by atoms with Crippen LogP contribution in [0.3, 0.4) is 0 Å².